The molecular formula is C16H24N2O2S. The molecule has 0 spiro atoms. The van der Waals surface area contributed by atoms with Gasteiger partial charge < -0.3 is 11.1 Å². The number of thiophene rings is 1. The second-order valence-corrected chi connectivity index (χ2v) is 7.24. The summed E-state index contributed by atoms with van der Waals surface area (Å²) in [4.78, 5) is 25.0. The van der Waals surface area contributed by atoms with Crippen molar-refractivity contribution in [3.05, 3.63) is 16.0 Å². The molecule has 1 heterocycles. The summed E-state index contributed by atoms with van der Waals surface area (Å²) in [5.74, 6) is -0.169. The first kappa shape index (κ1) is 16.0. The number of carbonyl (C=O) groups excluding carboxylic acids is 2. The van der Waals surface area contributed by atoms with E-state index in [1.54, 1.807) is 0 Å². The summed E-state index contributed by atoms with van der Waals surface area (Å²) < 4.78 is 0. The smallest absolute Gasteiger partial charge is 0.251 e. The van der Waals surface area contributed by atoms with Gasteiger partial charge in [-0.25, -0.2) is 0 Å². The predicted octanol–water partition coefficient (Wildman–Crippen LogP) is 3.49. The Kier molecular flexibility index (Phi) is 5.39. The van der Waals surface area contributed by atoms with E-state index in [-0.39, 0.29) is 5.91 Å². The van der Waals surface area contributed by atoms with Gasteiger partial charge in [0, 0.05) is 11.3 Å². The molecule has 0 saturated heterocycles. The SMILES string of the molecule is CC(C)CC(=O)Nc1sc2c(c1C(N)=O)CCCCCC2. The number of rotatable bonds is 4. The third kappa shape index (κ3) is 4.06. The number of primary amides is 1. The quantitative estimate of drug-likeness (QED) is 0.893. The first-order valence-corrected chi connectivity index (χ1v) is 8.55. The summed E-state index contributed by atoms with van der Waals surface area (Å²) in [5, 5.41) is 3.55. The summed E-state index contributed by atoms with van der Waals surface area (Å²) in [6, 6.07) is 0. The van der Waals surface area contributed by atoms with Crippen molar-refractivity contribution in [3.8, 4) is 0 Å². The van der Waals surface area contributed by atoms with Crippen LogP contribution in [-0.2, 0) is 17.6 Å². The van der Waals surface area contributed by atoms with E-state index in [1.807, 2.05) is 13.8 Å². The number of aryl methyl sites for hydroxylation is 1. The molecule has 21 heavy (non-hydrogen) atoms. The highest BCUT2D eigenvalue weighted by atomic mass is 32.1. The average Bonchev–Trinajstić information content (AvgIpc) is 2.65. The lowest BCUT2D eigenvalue weighted by Crippen LogP contribution is -2.19. The fourth-order valence-corrected chi connectivity index (χ4v) is 4.13. The van der Waals surface area contributed by atoms with Crippen LogP contribution in [-0.4, -0.2) is 11.8 Å². The van der Waals surface area contributed by atoms with Crippen LogP contribution in [0.1, 0.15) is 66.8 Å². The van der Waals surface area contributed by atoms with Crippen molar-refractivity contribution in [2.75, 3.05) is 5.32 Å². The van der Waals surface area contributed by atoms with Crippen LogP contribution in [0.25, 0.3) is 0 Å². The van der Waals surface area contributed by atoms with Crippen LogP contribution >= 0.6 is 11.3 Å². The Morgan fingerprint density at radius 2 is 1.86 bits per heavy atom. The molecule has 1 aromatic rings. The van der Waals surface area contributed by atoms with Gasteiger partial charge >= 0.3 is 0 Å². The Balaban J connectivity index is 2.29. The van der Waals surface area contributed by atoms with E-state index in [2.05, 4.69) is 5.32 Å². The number of fused-ring (bicyclic) bond motifs is 1. The molecule has 5 heteroatoms. The zero-order valence-corrected chi connectivity index (χ0v) is 13.6. The van der Waals surface area contributed by atoms with Crippen LogP contribution in [0.5, 0.6) is 0 Å². The Hall–Kier alpha value is -1.36. The highest BCUT2D eigenvalue weighted by molar-refractivity contribution is 7.17. The molecule has 116 valence electrons. The maximum atomic E-state index is 12.0. The average molecular weight is 308 g/mol. The van der Waals surface area contributed by atoms with Crippen molar-refractivity contribution in [3.63, 3.8) is 0 Å². The monoisotopic (exact) mass is 308 g/mol. The van der Waals surface area contributed by atoms with Crippen molar-refractivity contribution in [1.82, 2.24) is 0 Å². The van der Waals surface area contributed by atoms with Crippen LogP contribution in [0.4, 0.5) is 5.00 Å². The molecule has 1 aliphatic rings. The molecule has 2 amide bonds. The van der Waals surface area contributed by atoms with E-state index < -0.39 is 5.91 Å². The van der Waals surface area contributed by atoms with Gasteiger partial charge in [0.2, 0.25) is 5.91 Å². The largest absolute Gasteiger partial charge is 0.365 e. The summed E-state index contributed by atoms with van der Waals surface area (Å²) >= 11 is 1.54. The molecular weight excluding hydrogens is 284 g/mol. The molecule has 0 unspecified atom stereocenters. The maximum Gasteiger partial charge on any atom is 0.251 e. The normalized spacial score (nSPS) is 15.2. The van der Waals surface area contributed by atoms with Crippen LogP contribution < -0.4 is 11.1 Å². The second kappa shape index (κ2) is 7.07. The van der Waals surface area contributed by atoms with Gasteiger partial charge in [-0.05, 0) is 37.2 Å². The minimum Gasteiger partial charge on any atom is -0.365 e. The van der Waals surface area contributed by atoms with Crippen LogP contribution in [0, 0.1) is 5.92 Å². The molecule has 0 fully saturated rings. The Labute approximate surface area is 130 Å². The Bertz CT molecular complexity index is 535. The standard InChI is InChI=1S/C16H24N2O2S/c1-10(2)9-13(19)18-16-14(15(17)20)11-7-5-3-4-6-8-12(11)21-16/h10H,3-9H2,1-2H3,(H2,17,20)(H,18,19). The first-order chi connectivity index (χ1) is 9.99. The Morgan fingerprint density at radius 1 is 1.19 bits per heavy atom. The lowest BCUT2D eigenvalue weighted by molar-refractivity contribution is -0.116. The molecule has 0 bridgehead atoms. The molecule has 4 nitrogen and oxygen atoms in total. The summed E-state index contributed by atoms with van der Waals surface area (Å²) in [7, 11) is 0. The van der Waals surface area contributed by atoms with E-state index in [0.717, 1.165) is 31.2 Å². The zero-order valence-electron chi connectivity index (χ0n) is 12.8. The van der Waals surface area contributed by atoms with Crippen LogP contribution in [0.2, 0.25) is 0 Å². The van der Waals surface area contributed by atoms with Gasteiger partial charge in [-0.3, -0.25) is 9.59 Å². The van der Waals surface area contributed by atoms with E-state index in [9.17, 15) is 9.59 Å². The minimum atomic E-state index is -0.423. The molecule has 1 aromatic heterocycles. The second-order valence-electron chi connectivity index (χ2n) is 6.13. The molecule has 0 saturated carbocycles. The van der Waals surface area contributed by atoms with Crippen molar-refractivity contribution < 1.29 is 9.59 Å². The van der Waals surface area contributed by atoms with Gasteiger partial charge in [-0.15, -0.1) is 11.3 Å². The van der Waals surface area contributed by atoms with Crippen molar-refractivity contribution in [2.45, 2.75) is 58.8 Å². The van der Waals surface area contributed by atoms with E-state index >= 15 is 0 Å². The highest BCUT2D eigenvalue weighted by Crippen LogP contribution is 2.36. The number of anilines is 1. The van der Waals surface area contributed by atoms with E-state index in [1.165, 1.54) is 29.1 Å². The molecule has 0 aliphatic heterocycles. The van der Waals surface area contributed by atoms with Crippen LogP contribution in [0.15, 0.2) is 0 Å². The summed E-state index contributed by atoms with van der Waals surface area (Å²) in [5.41, 5.74) is 7.19. The topological polar surface area (TPSA) is 72.2 Å². The van der Waals surface area contributed by atoms with Gasteiger partial charge in [-0.1, -0.05) is 26.7 Å². The van der Waals surface area contributed by atoms with Crippen molar-refractivity contribution >= 4 is 28.2 Å². The van der Waals surface area contributed by atoms with E-state index in [0.29, 0.717) is 22.9 Å². The fourth-order valence-electron chi connectivity index (χ4n) is 2.82. The number of nitrogens with two attached hydrogens (primary N) is 1. The Morgan fingerprint density at radius 3 is 2.48 bits per heavy atom. The number of amides is 2. The molecule has 1 aliphatic carbocycles. The van der Waals surface area contributed by atoms with Crippen LogP contribution in [0.3, 0.4) is 0 Å². The van der Waals surface area contributed by atoms with Gasteiger partial charge in [0.1, 0.15) is 5.00 Å². The van der Waals surface area contributed by atoms with Gasteiger partial charge in [0.05, 0.1) is 5.56 Å². The van der Waals surface area contributed by atoms with Crippen molar-refractivity contribution in [2.24, 2.45) is 11.7 Å². The third-order valence-electron chi connectivity index (χ3n) is 3.76. The lowest BCUT2D eigenvalue weighted by atomic mass is 9.96. The molecule has 0 radical (unpaired) electrons. The zero-order chi connectivity index (χ0) is 15.4. The highest BCUT2D eigenvalue weighted by Gasteiger charge is 2.23. The number of carbonyl (C=O) groups is 2. The summed E-state index contributed by atoms with van der Waals surface area (Å²) in [6.07, 6.45) is 7.00. The maximum absolute atomic E-state index is 12.0. The van der Waals surface area contributed by atoms with E-state index in [4.69, 9.17) is 5.73 Å². The fraction of sp³-hybridized carbons (Fsp3) is 0.625. The number of hydrogen-bond donors (Lipinski definition) is 2. The lowest BCUT2D eigenvalue weighted by Gasteiger charge is -2.10. The summed E-state index contributed by atoms with van der Waals surface area (Å²) in [6.45, 7) is 4.00. The minimum absolute atomic E-state index is 0.0401. The molecule has 3 N–H and O–H groups in total. The molecule has 0 aromatic carbocycles. The van der Waals surface area contributed by atoms with Gasteiger partial charge in [0.15, 0.2) is 0 Å². The van der Waals surface area contributed by atoms with Gasteiger partial charge in [-0.2, -0.15) is 0 Å². The third-order valence-corrected chi connectivity index (χ3v) is 4.97. The first-order valence-electron chi connectivity index (χ1n) is 7.73. The van der Waals surface area contributed by atoms with Crippen molar-refractivity contribution in [1.29, 1.82) is 0 Å². The number of hydrogen-bond acceptors (Lipinski definition) is 3. The molecule has 2 rings (SSSR count). The number of nitrogens with one attached hydrogen (secondary N) is 1. The predicted molar refractivity (Wildman–Crippen MR) is 86.8 cm³/mol. The van der Waals surface area contributed by atoms with Gasteiger partial charge in [0.25, 0.3) is 5.91 Å². The molecule has 0 atom stereocenters.